The number of Topliss-reactive ketones (excluding diaryl/α,β-unsaturated/α-hetero) is 1. The molecule has 1 aromatic carbocycles. The van der Waals surface area contributed by atoms with E-state index in [1.165, 1.54) is 11.1 Å². The minimum absolute atomic E-state index is 0.0731. The SMILES string of the molecule is COc1ccc2c(c1)CCC1C2CCC2(C)C(=O)C(=[N+]=[N-])CC12. The lowest BCUT2D eigenvalue weighted by Gasteiger charge is -2.47. The molecule has 2 fully saturated rings. The molecule has 0 aromatic heterocycles. The highest BCUT2D eigenvalue weighted by molar-refractivity contribution is 6.41. The second-order valence-electron chi connectivity index (χ2n) is 7.52. The van der Waals surface area contributed by atoms with Gasteiger partial charge in [0.1, 0.15) is 5.75 Å². The summed E-state index contributed by atoms with van der Waals surface area (Å²) in [6.45, 7) is 2.08. The summed E-state index contributed by atoms with van der Waals surface area (Å²) in [4.78, 5) is 15.9. The summed E-state index contributed by atoms with van der Waals surface area (Å²) in [5.41, 5.74) is 12.1. The van der Waals surface area contributed by atoms with Gasteiger partial charge < -0.3 is 10.3 Å². The monoisotopic (exact) mass is 310 g/mol. The van der Waals surface area contributed by atoms with Gasteiger partial charge in [0.2, 0.25) is 5.78 Å². The molecular formula is C19H22N2O2. The van der Waals surface area contributed by atoms with Crippen molar-refractivity contribution < 1.29 is 14.3 Å². The Bertz CT molecular complexity index is 735. The maximum absolute atomic E-state index is 12.6. The van der Waals surface area contributed by atoms with Crippen molar-refractivity contribution in [1.82, 2.24) is 0 Å². The first-order valence-corrected chi connectivity index (χ1v) is 8.51. The maximum atomic E-state index is 12.6. The van der Waals surface area contributed by atoms with Crippen LogP contribution in [0.2, 0.25) is 0 Å². The van der Waals surface area contributed by atoms with Crippen LogP contribution in [0.5, 0.6) is 5.75 Å². The van der Waals surface area contributed by atoms with Crippen molar-refractivity contribution in [3.05, 3.63) is 34.9 Å². The molecule has 1 aromatic rings. The predicted molar refractivity (Wildman–Crippen MR) is 86.6 cm³/mol. The standard InChI is InChI=1S/C19H22N2O2/c1-19-8-7-14-13-6-4-12(23-2)9-11(13)3-5-15(14)16(19)10-17(21-20)18(19)22/h4,6,9,14-16H,3,5,7-8,10H2,1-2H3. The molecule has 0 amide bonds. The van der Waals surface area contributed by atoms with E-state index in [0.717, 1.165) is 31.4 Å². The molecule has 4 heteroatoms. The summed E-state index contributed by atoms with van der Waals surface area (Å²) < 4.78 is 5.36. The highest BCUT2D eigenvalue weighted by Crippen LogP contribution is 2.58. The van der Waals surface area contributed by atoms with Crippen LogP contribution in [0, 0.1) is 17.3 Å². The summed E-state index contributed by atoms with van der Waals surface area (Å²) in [6, 6.07) is 6.43. The van der Waals surface area contributed by atoms with Crippen molar-refractivity contribution in [2.24, 2.45) is 17.3 Å². The number of fused-ring (bicyclic) bond motifs is 5. The third-order valence-corrected chi connectivity index (χ3v) is 6.64. The smallest absolute Gasteiger partial charge is 0.335 e. The zero-order chi connectivity index (χ0) is 16.2. The Labute approximate surface area is 136 Å². The molecule has 3 aliphatic rings. The second-order valence-corrected chi connectivity index (χ2v) is 7.52. The third kappa shape index (κ3) is 1.94. The average molecular weight is 310 g/mol. The normalized spacial score (nSPS) is 35.1. The van der Waals surface area contributed by atoms with E-state index in [9.17, 15) is 4.79 Å². The number of rotatable bonds is 1. The Morgan fingerprint density at radius 3 is 2.91 bits per heavy atom. The number of methoxy groups -OCH3 is 1. The first-order valence-electron chi connectivity index (χ1n) is 8.51. The Morgan fingerprint density at radius 1 is 1.35 bits per heavy atom. The topological polar surface area (TPSA) is 62.7 Å². The molecule has 0 bridgehead atoms. The van der Waals surface area contributed by atoms with Gasteiger partial charge >= 0.3 is 5.71 Å². The van der Waals surface area contributed by atoms with Crippen LogP contribution in [0.3, 0.4) is 0 Å². The first-order chi connectivity index (χ1) is 11.1. The zero-order valence-electron chi connectivity index (χ0n) is 13.7. The van der Waals surface area contributed by atoms with Gasteiger partial charge in [-0.25, -0.2) is 0 Å². The van der Waals surface area contributed by atoms with Gasteiger partial charge in [0.15, 0.2) is 0 Å². The zero-order valence-corrected chi connectivity index (χ0v) is 13.7. The van der Waals surface area contributed by atoms with Crippen LogP contribution in [0.4, 0.5) is 0 Å². The van der Waals surface area contributed by atoms with Gasteiger partial charge in [-0.3, -0.25) is 4.79 Å². The first kappa shape index (κ1) is 14.6. The number of carbonyl (C=O) groups is 1. The molecule has 0 N–H and O–H groups in total. The molecule has 3 aliphatic carbocycles. The van der Waals surface area contributed by atoms with Gasteiger partial charge in [-0.2, -0.15) is 4.79 Å². The lowest BCUT2D eigenvalue weighted by Crippen LogP contribution is -2.42. The number of hydrogen-bond donors (Lipinski definition) is 0. The molecule has 4 atom stereocenters. The van der Waals surface area contributed by atoms with Gasteiger partial charge in [-0.05, 0) is 66.7 Å². The largest absolute Gasteiger partial charge is 0.497 e. The summed E-state index contributed by atoms with van der Waals surface area (Å²) in [5.74, 6) is 2.35. The van der Waals surface area contributed by atoms with E-state index in [1.54, 1.807) is 7.11 Å². The van der Waals surface area contributed by atoms with Crippen molar-refractivity contribution in [2.75, 3.05) is 7.11 Å². The number of hydrogen-bond acceptors (Lipinski definition) is 2. The molecule has 0 aliphatic heterocycles. The number of ether oxygens (including phenoxy) is 1. The van der Waals surface area contributed by atoms with Crippen LogP contribution in [0.25, 0.3) is 5.53 Å². The molecule has 0 spiro atoms. The van der Waals surface area contributed by atoms with Crippen LogP contribution in [0.1, 0.15) is 49.7 Å². The highest BCUT2D eigenvalue weighted by atomic mass is 16.5. The van der Waals surface area contributed by atoms with Crippen LogP contribution in [0.15, 0.2) is 18.2 Å². The van der Waals surface area contributed by atoms with Crippen molar-refractivity contribution in [3.8, 4) is 5.75 Å². The number of benzene rings is 1. The molecule has 0 radical (unpaired) electrons. The van der Waals surface area contributed by atoms with E-state index in [0.29, 0.717) is 29.9 Å². The minimum atomic E-state index is -0.327. The van der Waals surface area contributed by atoms with Gasteiger partial charge in [-0.1, -0.05) is 13.0 Å². The lowest BCUT2D eigenvalue weighted by atomic mass is 9.55. The van der Waals surface area contributed by atoms with Gasteiger partial charge in [0.25, 0.3) is 0 Å². The summed E-state index contributed by atoms with van der Waals surface area (Å²) in [5, 5.41) is 0. The number of carbonyl (C=O) groups excluding carboxylic acids is 1. The lowest BCUT2D eigenvalue weighted by molar-refractivity contribution is -0.128. The molecular weight excluding hydrogens is 288 g/mol. The van der Waals surface area contributed by atoms with Gasteiger partial charge in [-0.15, -0.1) is 0 Å². The molecule has 4 nitrogen and oxygen atoms in total. The van der Waals surface area contributed by atoms with Crippen molar-refractivity contribution in [1.29, 1.82) is 0 Å². The van der Waals surface area contributed by atoms with E-state index in [1.807, 2.05) is 0 Å². The van der Waals surface area contributed by atoms with E-state index >= 15 is 0 Å². The van der Waals surface area contributed by atoms with Gasteiger partial charge in [0, 0.05) is 5.41 Å². The summed E-state index contributed by atoms with van der Waals surface area (Å²) in [6.07, 6.45) is 4.72. The fraction of sp³-hybridized carbons (Fsp3) is 0.579. The number of nitrogens with zero attached hydrogens (tertiary/aromatic N) is 2. The predicted octanol–water partition coefficient (Wildman–Crippen LogP) is 3.40. The molecule has 0 saturated heterocycles. The molecule has 120 valence electrons. The fourth-order valence-electron chi connectivity index (χ4n) is 5.38. The van der Waals surface area contributed by atoms with E-state index in [-0.39, 0.29) is 11.2 Å². The fourth-order valence-corrected chi connectivity index (χ4v) is 5.38. The number of aryl methyl sites for hydroxylation is 1. The second kappa shape index (κ2) is 5.04. The van der Waals surface area contributed by atoms with E-state index in [4.69, 9.17) is 10.3 Å². The van der Waals surface area contributed by atoms with Crippen LogP contribution >= 0.6 is 0 Å². The summed E-state index contributed by atoms with van der Waals surface area (Å²) >= 11 is 0. The van der Waals surface area contributed by atoms with Crippen LogP contribution in [-0.2, 0) is 11.2 Å². The Balaban J connectivity index is 1.72. The third-order valence-electron chi connectivity index (χ3n) is 6.64. The quantitative estimate of drug-likeness (QED) is 0.589. The Kier molecular flexibility index (Phi) is 3.21. The molecule has 4 rings (SSSR count). The van der Waals surface area contributed by atoms with Crippen molar-refractivity contribution >= 4 is 11.5 Å². The summed E-state index contributed by atoms with van der Waals surface area (Å²) in [7, 11) is 1.71. The van der Waals surface area contributed by atoms with Crippen molar-refractivity contribution in [3.63, 3.8) is 0 Å². The van der Waals surface area contributed by atoms with E-state index in [2.05, 4.69) is 29.9 Å². The molecule has 0 heterocycles. The van der Waals surface area contributed by atoms with Crippen LogP contribution < -0.4 is 4.74 Å². The molecule has 2 saturated carbocycles. The van der Waals surface area contributed by atoms with Gasteiger partial charge in [0.05, 0.1) is 13.5 Å². The highest BCUT2D eigenvalue weighted by Gasteiger charge is 2.60. The minimum Gasteiger partial charge on any atom is -0.497 e. The molecule has 4 unspecified atom stereocenters. The van der Waals surface area contributed by atoms with Crippen molar-refractivity contribution in [2.45, 2.75) is 44.9 Å². The maximum Gasteiger partial charge on any atom is 0.335 e. The Morgan fingerprint density at radius 2 is 2.17 bits per heavy atom. The number of ketones is 1. The average Bonchev–Trinajstić information content (AvgIpc) is 2.85. The van der Waals surface area contributed by atoms with E-state index < -0.39 is 0 Å². The molecule has 23 heavy (non-hydrogen) atoms. The Hall–Kier alpha value is -1.93. The van der Waals surface area contributed by atoms with Crippen LogP contribution in [-0.4, -0.2) is 23.4 Å².